The lowest BCUT2D eigenvalue weighted by atomic mass is 10.0. The largest absolute Gasteiger partial charge is 0.325 e. The lowest BCUT2D eigenvalue weighted by Gasteiger charge is -2.11. The Bertz CT molecular complexity index is 949. The smallest absolute Gasteiger partial charge is 0.234 e. The third-order valence-corrected chi connectivity index (χ3v) is 5.25. The van der Waals surface area contributed by atoms with Gasteiger partial charge in [-0.15, -0.1) is 0 Å². The van der Waals surface area contributed by atoms with Crippen LogP contribution in [-0.2, 0) is 11.2 Å². The molecule has 0 fully saturated rings. The zero-order valence-electron chi connectivity index (χ0n) is 15.2. The minimum atomic E-state index is -0.175. The SMILES string of the molecule is O=C(CSCCc1cccc[nH+]1)Nc1ccc(Cl)cc1C(=O)c1ccccc1. The van der Waals surface area contributed by atoms with E-state index < -0.39 is 0 Å². The first-order chi connectivity index (χ1) is 13.6. The summed E-state index contributed by atoms with van der Waals surface area (Å²) in [5.74, 6) is 0.816. The van der Waals surface area contributed by atoms with Gasteiger partial charge in [0.2, 0.25) is 5.91 Å². The summed E-state index contributed by atoms with van der Waals surface area (Å²) in [6, 6.07) is 19.8. The standard InChI is InChI=1S/C22H19ClN2O2S/c23-17-9-10-20(19(14-17)22(27)16-6-2-1-3-7-16)25-21(26)15-28-13-11-18-8-4-5-12-24-18/h1-10,12,14H,11,13,15H2,(H,25,26)/p+1. The van der Waals surface area contributed by atoms with E-state index in [1.165, 1.54) is 0 Å². The van der Waals surface area contributed by atoms with Crippen molar-refractivity contribution in [1.29, 1.82) is 0 Å². The maximum atomic E-state index is 12.8. The fourth-order valence-electron chi connectivity index (χ4n) is 2.68. The third-order valence-electron chi connectivity index (χ3n) is 4.06. The Morgan fingerprint density at radius 3 is 2.54 bits per heavy atom. The van der Waals surface area contributed by atoms with Crippen molar-refractivity contribution >= 4 is 40.7 Å². The minimum absolute atomic E-state index is 0.147. The molecule has 0 saturated heterocycles. The Balaban J connectivity index is 1.60. The molecule has 0 radical (unpaired) electrons. The number of aryl methyl sites for hydroxylation is 1. The van der Waals surface area contributed by atoms with E-state index in [-0.39, 0.29) is 11.7 Å². The molecular weight excluding hydrogens is 392 g/mol. The highest BCUT2D eigenvalue weighted by atomic mass is 35.5. The van der Waals surface area contributed by atoms with Crippen molar-refractivity contribution in [2.75, 3.05) is 16.8 Å². The monoisotopic (exact) mass is 411 g/mol. The van der Waals surface area contributed by atoms with Crippen LogP contribution in [0.25, 0.3) is 0 Å². The molecule has 0 bridgehead atoms. The number of rotatable bonds is 8. The van der Waals surface area contributed by atoms with Gasteiger partial charge in [-0.05, 0) is 18.2 Å². The molecular formula is C22H20ClN2O2S+. The first-order valence-electron chi connectivity index (χ1n) is 8.86. The van der Waals surface area contributed by atoms with Crippen LogP contribution in [0.15, 0.2) is 72.9 Å². The van der Waals surface area contributed by atoms with Gasteiger partial charge in [-0.25, -0.2) is 4.98 Å². The van der Waals surface area contributed by atoms with Crippen LogP contribution in [0, 0.1) is 0 Å². The average molecular weight is 412 g/mol. The van der Waals surface area contributed by atoms with Gasteiger partial charge < -0.3 is 5.32 Å². The van der Waals surface area contributed by atoms with Crippen LogP contribution >= 0.6 is 23.4 Å². The van der Waals surface area contributed by atoms with Crippen LogP contribution < -0.4 is 10.3 Å². The fraction of sp³-hybridized carbons (Fsp3) is 0.136. The van der Waals surface area contributed by atoms with E-state index in [0.717, 1.165) is 17.9 Å². The van der Waals surface area contributed by atoms with Crippen LogP contribution in [0.5, 0.6) is 0 Å². The molecule has 0 atom stereocenters. The molecule has 0 aliphatic carbocycles. The fourth-order valence-corrected chi connectivity index (χ4v) is 3.62. The summed E-state index contributed by atoms with van der Waals surface area (Å²) in [6.07, 6.45) is 2.75. The molecule has 3 aromatic rings. The molecule has 6 heteroatoms. The summed E-state index contributed by atoms with van der Waals surface area (Å²) in [4.78, 5) is 28.3. The molecule has 1 amide bonds. The average Bonchev–Trinajstić information content (AvgIpc) is 2.73. The summed E-state index contributed by atoms with van der Waals surface area (Å²) in [5.41, 5.74) is 2.54. The molecule has 1 heterocycles. The van der Waals surface area contributed by atoms with E-state index in [9.17, 15) is 9.59 Å². The van der Waals surface area contributed by atoms with Crippen LogP contribution in [0.3, 0.4) is 0 Å². The highest BCUT2D eigenvalue weighted by Gasteiger charge is 2.16. The van der Waals surface area contributed by atoms with Gasteiger partial charge >= 0.3 is 0 Å². The normalized spacial score (nSPS) is 10.5. The number of hydrogen-bond donors (Lipinski definition) is 1. The molecule has 3 rings (SSSR count). The molecule has 1 aromatic heterocycles. The van der Waals surface area contributed by atoms with E-state index in [1.807, 2.05) is 30.5 Å². The zero-order valence-corrected chi connectivity index (χ0v) is 16.7. The molecule has 2 aromatic carbocycles. The molecule has 28 heavy (non-hydrogen) atoms. The van der Waals surface area contributed by atoms with Crippen molar-refractivity contribution in [2.24, 2.45) is 0 Å². The summed E-state index contributed by atoms with van der Waals surface area (Å²) in [7, 11) is 0. The van der Waals surface area contributed by atoms with Crippen LogP contribution in [0.4, 0.5) is 5.69 Å². The number of anilines is 1. The van der Waals surface area contributed by atoms with Gasteiger partial charge in [-0.2, -0.15) is 11.8 Å². The Labute approximate surface area is 173 Å². The zero-order chi connectivity index (χ0) is 19.8. The molecule has 4 nitrogen and oxygen atoms in total. The van der Waals surface area contributed by atoms with Crippen molar-refractivity contribution in [1.82, 2.24) is 0 Å². The number of carbonyl (C=O) groups is 2. The van der Waals surface area contributed by atoms with Crippen LogP contribution in [0.1, 0.15) is 21.6 Å². The van der Waals surface area contributed by atoms with Gasteiger partial charge in [0.15, 0.2) is 17.7 Å². The van der Waals surface area contributed by atoms with E-state index in [4.69, 9.17) is 11.6 Å². The molecule has 0 unspecified atom stereocenters. The second-order valence-electron chi connectivity index (χ2n) is 6.12. The summed E-state index contributed by atoms with van der Waals surface area (Å²) >= 11 is 7.62. The quantitative estimate of drug-likeness (QED) is 0.444. The second-order valence-corrected chi connectivity index (χ2v) is 7.67. The Kier molecular flexibility index (Phi) is 7.23. The summed E-state index contributed by atoms with van der Waals surface area (Å²) in [6.45, 7) is 0. The number of thioether (sulfide) groups is 1. The predicted octanol–water partition coefficient (Wildman–Crippen LogP) is 4.30. The van der Waals surface area contributed by atoms with Crippen molar-refractivity contribution in [3.05, 3.63) is 94.8 Å². The number of aromatic amines is 1. The van der Waals surface area contributed by atoms with Crippen molar-refractivity contribution in [2.45, 2.75) is 6.42 Å². The van der Waals surface area contributed by atoms with Crippen LogP contribution in [0.2, 0.25) is 5.02 Å². The highest BCUT2D eigenvalue weighted by molar-refractivity contribution is 7.99. The number of carbonyl (C=O) groups excluding carboxylic acids is 2. The number of benzene rings is 2. The van der Waals surface area contributed by atoms with E-state index in [1.54, 1.807) is 54.2 Å². The van der Waals surface area contributed by atoms with E-state index in [2.05, 4.69) is 10.3 Å². The molecule has 2 N–H and O–H groups in total. The Morgan fingerprint density at radius 2 is 1.79 bits per heavy atom. The number of H-pyrrole nitrogens is 1. The van der Waals surface area contributed by atoms with E-state index >= 15 is 0 Å². The van der Waals surface area contributed by atoms with Gasteiger partial charge in [-0.3, -0.25) is 9.59 Å². The number of nitrogens with one attached hydrogen (secondary N) is 2. The number of ketones is 1. The molecule has 0 saturated carbocycles. The van der Waals surface area contributed by atoms with Gasteiger partial charge in [0.25, 0.3) is 0 Å². The first kappa shape index (κ1) is 20.1. The summed E-state index contributed by atoms with van der Waals surface area (Å²) in [5, 5.41) is 3.29. The molecule has 0 spiro atoms. The van der Waals surface area contributed by atoms with Gasteiger partial charge in [0.1, 0.15) is 0 Å². The molecule has 0 aliphatic heterocycles. The number of hydrogen-bond acceptors (Lipinski definition) is 3. The predicted molar refractivity (Wildman–Crippen MR) is 114 cm³/mol. The number of halogens is 1. The lowest BCUT2D eigenvalue weighted by molar-refractivity contribution is -0.389. The summed E-state index contributed by atoms with van der Waals surface area (Å²) < 4.78 is 0. The topological polar surface area (TPSA) is 60.3 Å². The maximum absolute atomic E-state index is 12.8. The maximum Gasteiger partial charge on any atom is 0.234 e. The van der Waals surface area contributed by atoms with E-state index in [0.29, 0.717) is 27.6 Å². The Hall–Kier alpha value is -2.63. The minimum Gasteiger partial charge on any atom is -0.325 e. The van der Waals surface area contributed by atoms with Crippen molar-refractivity contribution in [3.8, 4) is 0 Å². The highest BCUT2D eigenvalue weighted by Crippen LogP contribution is 2.24. The second kappa shape index (κ2) is 10.1. The van der Waals surface area contributed by atoms with Gasteiger partial charge in [0, 0.05) is 40.5 Å². The lowest BCUT2D eigenvalue weighted by Crippen LogP contribution is -2.17. The molecule has 142 valence electrons. The van der Waals surface area contributed by atoms with Crippen molar-refractivity contribution < 1.29 is 14.6 Å². The first-order valence-corrected chi connectivity index (χ1v) is 10.4. The van der Waals surface area contributed by atoms with Gasteiger partial charge in [-0.1, -0.05) is 48.0 Å². The third kappa shape index (κ3) is 5.68. The Morgan fingerprint density at radius 1 is 1.00 bits per heavy atom. The van der Waals surface area contributed by atoms with Crippen molar-refractivity contribution in [3.63, 3.8) is 0 Å². The van der Waals surface area contributed by atoms with Crippen LogP contribution in [-0.4, -0.2) is 23.2 Å². The van der Waals surface area contributed by atoms with Gasteiger partial charge in [0.05, 0.1) is 11.4 Å². The number of amides is 1. The molecule has 0 aliphatic rings. The number of aromatic nitrogens is 1. The number of pyridine rings is 1.